The molecule has 0 aliphatic heterocycles. The molecule has 8 heteroatoms. The van der Waals surface area contributed by atoms with Gasteiger partial charge in [-0.3, -0.25) is 19.2 Å². The fourth-order valence-corrected chi connectivity index (χ4v) is 2.10. The third-order valence-electron chi connectivity index (χ3n) is 3.91. The lowest BCUT2D eigenvalue weighted by Crippen LogP contribution is -2.40. The van der Waals surface area contributed by atoms with E-state index in [1.165, 1.54) is 13.8 Å². The molecule has 158 valence electrons. The Morgan fingerprint density at radius 2 is 0.786 bits per heavy atom. The molecule has 0 aliphatic rings. The quantitative estimate of drug-likeness (QED) is 0.238. The first kappa shape index (κ1) is 25.4. The van der Waals surface area contributed by atoms with Crippen LogP contribution in [-0.4, -0.2) is 50.3 Å². The molecule has 28 heavy (non-hydrogen) atoms. The van der Waals surface area contributed by atoms with Crippen LogP contribution in [0.2, 0.25) is 0 Å². The highest BCUT2D eigenvalue weighted by Crippen LogP contribution is 2.27. The van der Waals surface area contributed by atoms with Gasteiger partial charge in [-0.1, -0.05) is 0 Å². The van der Waals surface area contributed by atoms with Gasteiger partial charge in [0.2, 0.25) is 0 Å². The Hall–Kier alpha value is -2.56. The Kier molecular flexibility index (Phi) is 10.9. The summed E-state index contributed by atoms with van der Waals surface area (Å²) in [6, 6.07) is 0. The third-order valence-corrected chi connectivity index (χ3v) is 3.91. The second-order valence-corrected chi connectivity index (χ2v) is 6.25. The molecule has 0 bridgehead atoms. The second-order valence-electron chi connectivity index (χ2n) is 6.25. The lowest BCUT2D eigenvalue weighted by atomic mass is 9.85. The lowest BCUT2D eigenvalue weighted by Gasteiger charge is -2.23. The van der Waals surface area contributed by atoms with E-state index in [-0.39, 0.29) is 39.3 Å². The molecule has 0 rings (SSSR count). The fraction of sp³-hybridized carbons (Fsp3) is 0.700. The van der Waals surface area contributed by atoms with E-state index in [0.29, 0.717) is 0 Å². The van der Waals surface area contributed by atoms with Crippen molar-refractivity contribution in [3.8, 4) is 11.8 Å². The number of carbonyl (C=O) groups is 4. The average molecular weight is 398 g/mol. The Morgan fingerprint density at radius 1 is 0.571 bits per heavy atom. The molecule has 0 unspecified atom stereocenters. The second kappa shape index (κ2) is 12.0. The first-order valence-corrected chi connectivity index (χ1v) is 9.28. The van der Waals surface area contributed by atoms with Crippen molar-refractivity contribution in [2.45, 2.75) is 54.4 Å². The highest BCUT2D eigenvalue weighted by atomic mass is 16.6. The van der Waals surface area contributed by atoms with Crippen LogP contribution < -0.4 is 0 Å². The molecule has 0 heterocycles. The van der Waals surface area contributed by atoms with Gasteiger partial charge in [0.1, 0.15) is 0 Å². The third kappa shape index (κ3) is 6.55. The van der Waals surface area contributed by atoms with Crippen LogP contribution >= 0.6 is 0 Å². The Bertz CT molecular complexity index is 538. The van der Waals surface area contributed by atoms with Crippen molar-refractivity contribution in [3.05, 3.63) is 0 Å². The van der Waals surface area contributed by atoms with Gasteiger partial charge in [0, 0.05) is 12.8 Å². The summed E-state index contributed by atoms with van der Waals surface area (Å²) in [5, 5.41) is 0. The number of hydrogen-bond acceptors (Lipinski definition) is 8. The predicted molar refractivity (Wildman–Crippen MR) is 99.8 cm³/mol. The van der Waals surface area contributed by atoms with Gasteiger partial charge in [-0.05, 0) is 41.5 Å². The summed E-state index contributed by atoms with van der Waals surface area (Å²) in [7, 11) is 0. The predicted octanol–water partition coefficient (Wildman–Crippen LogP) is 2.04. The minimum Gasteiger partial charge on any atom is -0.465 e. The molecule has 0 saturated carbocycles. The van der Waals surface area contributed by atoms with E-state index < -0.39 is 34.7 Å². The van der Waals surface area contributed by atoms with Crippen LogP contribution in [0.1, 0.15) is 54.4 Å². The van der Waals surface area contributed by atoms with Gasteiger partial charge in [0.25, 0.3) is 0 Å². The Balaban J connectivity index is 5.51. The van der Waals surface area contributed by atoms with Crippen LogP contribution in [0.3, 0.4) is 0 Å². The molecule has 0 aliphatic carbocycles. The van der Waals surface area contributed by atoms with E-state index in [0.717, 1.165) is 0 Å². The van der Waals surface area contributed by atoms with Crippen molar-refractivity contribution in [1.82, 2.24) is 0 Å². The Morgan fingerprint density at radius 3 is 0.964 bits per heavy atom. The molecule has 0 radical (unpaired) electrons. The lowest BCUT2D eigenvalue weighted by molar-refractivity contribution is -0.172. The number of carbonyl (C=O) groups excluding carboxylic acids is 4. The Labute approximate surface area is 166 Å². The van der Waals surface area contributed by atoms with Crippen molar-refractivity contribution in [2.75, 3.05) is 26.4 Å². The zero-order valence-corrected chi connectivity index (χ0v) is 17.5. The van der Waals surface area contributed by atoms with E-state index >= 15 is 0 Å². The standard InChI is InChI=1S/C20H30O8/c1-7-25-15(21)19(5,16(22)26-8-2)13-11-12-14-20(6,17(23)27-9-3)18(24)28-10-4/h7-10,13-14H2,1-6H3. The van der Waals surface area contributed by atoms with Crippen molar-refractivity contribution in [3.63, 3.8) is 0 Å². The summed E-state index contributed by atoms with van der Waals surface area (Å²) in [4.78, 5) is 48.9. The zero-order valence-electron chi connectivity index (χ0n) is 17.5. The largest absolute Gasteiger partial charge is 0.465 e. The first-order valence-electron chi connectivity index (χ1n) is 9.28. The monoisotopic (exact) mass is 398 g/mol. The van der Waals surface area contributed by atoms with Crippen LogP contribution in [-0.2, 0) is 38.1 Å². The zero-order chi connectivity index (χ0) is 21.8. The summed E-state index contributed by atoms with van der Waals surface area (Å²) < 4.78 is 19.8. The van der Waals surface area contributed by atoms with E-state index in [1.54, 1.807) is 27.7 Å². The van der Waals surface area contributed by atoms with E-state index in [2.05, 4.69) is 11.8 Å². The summed E-state index contributed by atoms with van der Waals surface area (Å²) in [5.74, 6) is 2.38. The molecular formula is C20H30O8. The molecule has 0 fully saturated rings. The average Bonchev–Trinajstić information content (AvgIpc) is 2.65. The highest BCUT2D eigenvalue weighted by Gasteiger charge is 2.45. The maximum absolute atomic E-state index is 12.2. The molecule has 0 aromatic rings. The number of ether oxygens (including phenoxy) is 4. The normalized spacial score (nSPS) is 10.9. The van der Waals surface area contributed by atoms with Crippen LogP contribution in [0.5, 0.6) is 0 Å². The van der Waals surface area contributed by atoms with Gasteiger partial charge in [-0.25, -0.2) is 0 Å². The van der Waals surface area contributed by atoms with E-state index in [9.17, 15) is 19.2 Å². The maximum atomic E-state index is 12.2. The molecule has 8 nitrogen and oxygen atoms in total. The molecular weight excluding hydrogens is 368 g/mol. The molecule has 0 atom stereocenters. The summed E-state index contributed by atoms with van der Waals surface area (Å²) >= 11 is 0. The van der Waals surface area contributed by atoms with Crippen LogP contribution in [0.15, 0.2) is 0 Å². The van der Waals surface area contributed by atoms with E-state index in [4.69, 9.17) is 18.9 Å². The maximum Gasteiger partial charge on any atom is 0.324 e. The van der Waals surface area contributed by atoms with Crippen LogP contribution in [0.4, 0.5) is 0 Å². The van der Waals surface area contributed by atoms with Gasteiger partial charge >= 0.3 is 23.9 Å². The highest BCUT2D eigenvalue weighted by molar-refractivity contribution is 6.00. The molecule has 0 saturated heterocycles. The first-order chi connectivity index (χ1) is 13.1. The van der Waals surface area contributed by atoms with Crippen molar-refractivity contribution < 1.29 is 38.1 Å². The molecule has 0 aromatic carbocycles. The van der Waals surface area contributed by atoms with Crippen LogP contribution in [0.25, 0.3) is 0 Å². The van der Waals surface area contributed by atoms with Gasteiger partial charge in [-0.2, -0.15) is 0 Å². The smallest absolute Gasteiger partial charge is 0.324 e. The van der Waals surface area contributed by atoms with Crippen LogP contribution in [0, 0.1) is 22.7 Å². The number of hydrogen-bond donors (Lipinski definition) is 0. The van der Waals surface area contributed by atoms with Crippen molar-refractivity contribution in [2.24, 2.45) is 10.8 Å². The number of rotatable bonds is 10. The molecule has 0 amide bonds. The summed E-state index contributed by atoms with van der Waals surface area (Å²) in [6.07, 6.45) is -0.376. The van der Waals surface area contributed by atoms with Gasteiger partial charge in [-0.15, -0.1) is 11.8 Å². The van der Waals surface area contributed by atoms with Gasteiger partial charge in [0.05, 0.1) is 26.4 Å². The topological polar surface area (TPSA) is 105 Å². The summed E-state index contributed by atoms with van der Waals surface area (Å²) in [6.45, 7) is 9.67. The summed E-state index contributed by atoms with van der Waals surface area (Å²) in [5.41, 5.74) is -3.22. The van der Waals surface area contributed by atoms with E-state index in [1.807, 2.05) is 0 Å². The van der Waals surface area contributed by atoms with Crippen molar-refractivity contribution in [1.29, 1.82) is 0 Å². The minimum atomic E-state index is -1.61. The molecule has 0 N–H and O–H groups in total. The minimum absolute atomic E-state index is 0.102. The SMILES string of the molecule is CCOC(=O)C(C)(CC#CCC(C)(C(=O)OCC)C(=O)OCC)C(=O)OCC. The van der Waals surface area contributed by atoms with Crippen molar-refractivity contribution >= 4 is 23.9 Å². The van der Waals surface area contributed by atoms with Gasteiger partial charge in [0.15, 0.2) is 10.8 Å². The fourth-order valence-electron chi connectivity index (χ4n) is 2.10. The molecule has 0 spiro atoms. The number of esters is 4. The molecule has 0 aromatic heterocycles. The van der Waals surface area contributed by atoms with Gasteiger partial charge < -0.3 is 18.9 Å².